The van der Waals surface area contributed by atoms with Crippen LogP contribution in [0, 0.1) is 5.92 Å². The lowest BCUT2D eigenvalue weighted by atomic mass is 10.2. The fourth-order valence-corrected chi connectivity index (χ4v) is 0.595. The molecule has 0 atom stereocenters. The number of aliphatic carboxylic acids is 1. The lowest BCUT2D eigenvalue weighted by Crippen LogP contribution is -2.16. The van der Waals surface area contributed by atoms with Crippen LogP contribution in [-0.2, 0) is 4.79 Å². The van der Waals surface area contributed by atoms with Crippen molar-refractivity contribution in [3.8, 4) is 0 Å². The first kappa shape index (κ1) is 9.01. The fourth-order valence-electron chi connectivity index (χ4n) is 0.595. The topological polar surface area (TPSA) is 49.3 Å². The molecule has 0 unspecified atom stereocenters. The molecule has 0 amide bonds. The Hall–Kier alpha value is -0.990. The number of likely N-dealkylation sites (N-methyl/N-ethyl adjacent to an activating group) is 1. The zero-order chi connectivity index (χ0) is 8.15. The maximum atomic E-state index is 10.3. The third-order valence-corrected chi connectivity index (χ3v) is 1.000. The Morgan fingerprint density at radius 3 is 2.20 bits per heavy atom. The summed E-state index contributed by atoms with van der Waals surface area (Å²) in [6.07, 6.45) is 1.67. The van der Waals surface area contributed by atoms with E-state index in [2.05, 4.69) is 5.32 Å². The molecule has 0 heterocycles. The molecule has 0 aromatic carbocycles. The number of allylic oxidation sites excluding steroid dienone is 1. The summed E-state index contributed by atoms with van der Waals surface area (Å²) in [5.41, 5.74) is 0.259. The maximum absolute atomic E-state index is 10.3. The summed E-state index contributed by atoms with van der Waals surface area (Å²) in [6, 6.07) is 0. The highest BCUT2D eigenvalue weighted by molar-refractivity contribution is 5.85. The monoisotopic (exact) mass is 143 g/mol. The first-order chi connectivity index (χ1) is 4.57. The van der Waals surface area contributed by atoms with E-state index in [4.69, 9.17) is 5.11 Å². The predicted octanol–water partition coefficient (Wildman–Crippen LogP) is 0.830. The highest BCUT2D eigenvalue weighted by Gasteiger charge is 2.03. The molecule has 0 aromatic heterocycles. The van der Waals surface area contributed by atoms with Crippen molar-refractivity contribution in [2.75, 3.05) is 7.05 Å². The molecule has 0 saturated heterocycles. The minimum Gasteiger partial charge on any atom is -0.477 e. The van der Waals surface area contributed by atoms with E-state index in [0.717, 1.165) is 0 Å². The van der Waals surface area contributed by atoms with Gasteiger partial charge in [-0.15, -0.1) is 0 Å². The van der Waals surface area contributed by atoms with Crippen molar-refractivity contribution in [2.24, 2.45) is 5.92 Å². The van der Waals surface area contributed by atoms with Crippen molar-refractivity contribution in [1.29, 1.82) is 0 Å². The average Bonchev–Trinajstić information content (AvgIpc) is 1.81. The van der Waals surface area contributed by atoms with Crippen LogP contribution in [0.3, 0.4) is 0 Å². The largest absolute Gasteiger partial charge is 0.477 e. The first-order valence-corrected chi connectivity index (χ1v) is 3.20. The van der Waals surface area contributed by atoms with Crippen molar-refractivity contribution in [3.63, 3.8) is 0 Å². The van der Waals surface area contributed by atoms with Gasteiger partial charge in [-0.2, -0.15) is 0 Å². The molecule has 0 aliphatic carbocycles. The average molecular weight is 143 g/mol. The maximum Gasteiger partial charge on any atom is 0.351 e. The number of carbonyl (C=O) groups is 1. The van der Waals surface area contributed by atoms with Crippen LogP contribution in [0.2, 0.25) is 0 Å². The van der Waals surface area contributed by atoms with Crippen LogP contribution in [0.4, 0.5) is 0 Å². The highest BCUT2D eigenvalue weighted by Crippen LogP contribution is 1.98. The molecule has 10 heavy (non-hydrogen) atoms. The molecular formula is C7H13NO2. The lowest BCUT2D eigenvalue weighted by molar-refractivity contribution is -0.133. The Bertz CT molecular complexity index is 150. The van der Waals surface area contributed by atoms with Gasteiger partial charge in [-0.25, -0.2) is 4.79 Å². The summed E-state index contributed by atoms with van der Waals surface area (Å²) in [7, 11) is 1.60. The Morgan fingerprint density at radius 1 is 1.60 bits per heavy atom. The Labute approximate surface area is 60.7 Å². The molecule has 0 spiro atoms. The van der Waals surface area contributed by atoms with Gasteiger partial charge in [0.1, 0.15) is 5.70 Å². The van der Waals surface area contributed by atoms with Crippen LogP contribution < -0.4 is 5.32 Å². The molecule has 0 aliphatic rings. The molecule has 2 N–H and O–H groups in total. The summed E-state index contributed by atoms with van der Waals surface area (Å²) in [6.45, 7) is 3.86. The van der Waals surface area contributed by atoms with Crippen LogP contribution in [0.15, 0.2) is 11.8 Å². The Kier molecular flexibility index (Phi) is 3.54. The minimum absolute atomic E-state index is 0.259. The van der Waals surface area contributed by atoms with Crippen LogP contribution in [0.25, 0.3) is 0 Å². The summed E-state index contributed by atoms with van der Waals surface area (Å²) in [5.74, 6) is -0.644. The number of hydrogen-bond donors (Lipinski definition) is 2. The van der Waals surface area contributed by atoms with Gasteiger partial charge < -0.3 is 10.4 Å². The highest BCUT2D eigenvalue weighted by atomic mass is 16.4. The summed E-state index contributed by atoms with van der Waals surface area (Å²) in [4.78, 5) is 10.3. The fraction of sp³-hybridized carbons (Fsp3) is 0.571. The molecule has 0 fully saturated rings. The van der Waals surface area contributed by atoms with Crippen LogP contribution >= 0.6 is 0 Å². The number of carboxylic acids is 1. The Morgan fingerprint density at radius 2 is 2.10 bits per heavy atom. The van der Waals surface area contributed by atoms with Gasteiger partial charge in [-0.05, 0) is 5.92 Å². The third kappa shape index (κ3) is 3.12. The molecule has 0 radical (unpaired) electrons. The molecule has 58 valence electrons. The standard InChI is InChI=1S/C7H13NO2/c1-5(2)4-6(8-3)7(9)10/h4-5,8H,1-3H3,(H,9,10)/b6-4+. The molecule has 0 saturated carbocycles. The van der Waals surface area contributed by atoms with E-state index in [0.29, 0.717) is 0 Å². The van der Waals surface area contributed by atoms with E-state index >= 15 is 0 Å². The second-order valence-electron chi connectivity index (χ2n) is 2.38. The van der Waals surface area contributed by atoms with Crippen LogP contribution in [0.5, 0.6) is 0 Å². The van der Waals surface area contributed by atoms with Gasteiger partial charge in [0.2, 0.25) is 0 Å². The van der Waals surface area contributed by atoms with Gasteiger partial charge in [-0.3, -0.25) is 0 Å². The van der Waals surface area contributed by atoms with E-state index in [1.54, 1.807) is 13.1 Å². The number of nitrogens with one attached hydrogen (secondary N) is 1. The van der Waals surface area contributed by atoms with E-state index in [9.17, 15) is 4.79 Å². The number of rotatable bonds is 3. The van der Waals surface area contributed by atoms with E-state index < -0.39 is 5.97 Å². The quantitative estimate of drug-likeness (QED) is 0.575. The summed E-state index contributed by atoms with van der Waals surface area (Å²) in [5, 5.41) is 11.1. The molecule has 0 rings (SSSR count). The second kappa shape index (κ2) is 3.93. The Balaban J connectivity index is 4.19. The van der Waals surface area contributed by atoms with E-state index in [1.165, 1.54) is 0 Å². The van der Waals surface area contributed by atoms with Gasteiger partial charge in [0.05, 0.1) is 0 Å². The zero-order valence-corrected chi connectivity index (χ0v) is 6.51. The molecular weight excluding hydrogens is 130 g/mol. The van der Waals surface area contributed by atoms with E-state index in [1.807, 2.05) is 13.8 Å². The zero-order valence-electron chi connectivity index (χ0n) is 6.51. The van der Waals surface area contributed by atoms with Gasteiger partial charge in [-0.1, -0.05) is 19.9 Å². The summed E-state index contributed by atoms with van der Waals surface area (Å²) >= 11 is 0. The van der Waals surface area contributed by atoms with Crippen molar-refractivity contribution in [1.82, 2.24) is 5.32 Å². The molecule has 3 nitrogen and oxygen atoms in total. The third-order valence-electron chi connectivity index (χ3n) is 1.000. The number of carboxylic acid groups (broad SMARTS) is 1. The van der Waals surface area contributed by atoms with Crippen LogP contribution in [-0.4, -0.2) is 18.1 Å². The molecule has 0 aliphatic heterocycles. The number of hydrogen-bond acceptors (Lipinski definition) is 2. The van der Waals surface area contributed by atoms with Crippen molar-refractivity contribution in [3.05, 3.63) is 11.8 Å². The molecule has 0 bridgehead atoms. The first-order valence-electron chi connectivity index (χ1n) is 3.20. The normalized spacial score (nSPS) is 11.8. The van der Waals surface area contributed by atoms with Crippen molar-refractivity contribution < 1.29 is 9.90 Å². The molecule has 0 aromatic rings. The second-order valence-corrected chi connectivity index (χ2v) is 2.38. The van der Waals surface area contributed by atoms with Crippen molar-refractivity contribution >= 4 is 5.97 Å². The van der Waals surface area contributed by atoms with Gasteiger partial charge >= 0.3 is 5.97 Å². The summed E-state index contributed by atoms with van der Waals surface area (Å²) < 4.78 is 0. The minimum atomic E-state index is -0.906. The van der Waals surface area contributed by atoms with Crippen LogP contribution in [0.1, 0.15) is 13.8 Å². The lowest BCUT2D eigenvalue weighted by Gasteiger charge is -2.01. The predicted molar refractivity (Wildman–Crippen MR) is 39.6 cm³/mol. The van der Waals surface area contributed by atoms with Gasteiger partial charge in [0.25, 0.3) is 0 Å². The molecule has 3 heteroatoms. The SMILES string of the molecule is CN/C(=C/C(C)C)C(=O)O. The smallest absolute Gasteiger partial charge is 0.351 e. The van der Waals surface area contributed by atoms with E-state index in [-0.39, 0.29) is 11.6 Å². The van der Waals surface area contributed by atoms with Crippen molar-refractivity contribution in [2.45, 2.75) is 13.8 Å². The van der Waals surface area contributed by atoms with Gasteiger partial charge in [0, 0.05) is 7.05 Å². The van der Waals surface area contributed by atoms with Gasteiger partial charge in [0.15, 0.2) is 0 Å².